The molecule has 32 heavy (non-hydrogen) atoms. The standard InChI is InChI=1S/C23H23N5O4/c1-13-19(29)20(30)23(32-13)28-22-17(18(27-28)14-6-4-3-5-7-14)21(24-12-25-22)26-15-8-10-16(31-2)11-9-15/h3-13,19-20,23,29-30H,1-2H3,(H,24,25,26)/t13-,19-,20-,23-/m1/s1. The first-order chi connectivity index (χ1) is 15.6. The summed E-state index contributed by atoms with van der Waals surface area (Å²) in [5, 5.41) is 29.5. The summed E-state index contributed by atoms with van der Waals surface area (Å²) in [5.41, 5.74) is 2.81. The number of nitrogens with zero attached hydrogens (tertiary/aromatic N) is 4. The third-order valence-corrected chi connectivity index (χ3v) is 5.61. The second kappa shape index (κ2) is 8.19. The van der Waals surface area contributed by atoms with Crippen LogP contribution in [0.4, 0.5) is 11.5 Å². The predicted molar refractivity (Wildman–Crippen MR) is 119 cm³/mol. The topological polar surface area (TPSA) is 115 Å². The Hall–Kier alpha value is -3.53. The lowest BCUT2D eigenvalue weighted by Gasteiger charge is -2.15. The van der Waals surface area contributed by atoms with Crippen molar-refractivity contribution in [2.24, 2.45) is 0 Å². The van der Waals surface area contributed by atoms with Gasteiger partial charge in [-0.2, -0.15) is 5.10 Å². The molecule has 1 aliphatic heterocycles. The molecule has 0 amide bonds. The zero-order valence-electron chi connectivity index (χ0n) is 17.6. The SMILES string of the molecule is COc1ccc(Nc2ncnc3c2c(-c2ccccc2)nn3[C@@H]2O[C@H](C)[C@@H](O)[C@H]2O)cc1. The third-order valence-electron chi connectivity index (χ3n) is 5.61. The van der Waals surface area contributed by atoms with Gasteiger partial charge in [-0.25, -0.2) is 14.6 Å². The van der Waals surface area contributed by atoms with Crippen molar-refractivity contribution in [3.8, 4) is 17.0 Å². The van der Waals surface area contributed by atoms with Gasteiger partial charge in [-0.15, -0.1) is 0 Å². The van der Waals surface area contributed by atoms with Crippen molar-refractivity contribution < 1.29 is 19.7 Å². The highest BCUT2D eigenvalue weighted by atomic mass is 16.6. The number of hydrogen-bond acceptors (Lipinski definition) is 8. The van der Waals surface area contributed by atoms with Crippen LogP contribution in [-0.2, 0) is 4.74 Å². The van der Waals surface area contributed by atoms with Gasteiger partial charge in [0.2, 0.25) is 0 Å². The molecule has 2 aromatic heterocycles. The average Bonchev–Trinajstić information content (AvgIpc) is 3.34. The summed E-state index contributed by atoms with van der Waals surface area (Å²) in [6.45, 7) is 1.71. The first-order valence-corrected chi connectivity index (χ1v) is 10.3. The van der Waals surface area contributed by atoms with Crippen molar-refractivity contribution >= 4 is 22.5 Å². The summed E-state index contributed by atoms with van der Waals surface area (Å²) in [4.78, 5) is 8.90. The number of fused-ring (bicyclic) bond motifs is 1. The van der Waals surface area contributed by atoms with Crippen molar-refractivity contribution in [1.82, 2.24) is 19.7 Å². The number of aliphatic hydroxyl groups is 2. The molecule has 0 spiro atoms. The van der Waals surface area contributed by atoms with Crippen molar-refractivity contribution in [2.75, 3.05) is 12.4 Å². The molecule has 1 aliphatic rings. The molecular weight excluding hydrogens is 410 g/mol. The lowest BCUT2D eigenvalue weighted by Crippen LogP contribution is -2.30. The summed E-state index contributed by atoms with van der Waals surface area (Å²) in [7, 11) is 1.62. The maximum Gasteiger partial charge on any atom is 0.181 e. The Morgan fingerprint density at radius 2 is 1.75 bits per heavy atom. The van der Waals surface area contributed by atoms with Gasteiger partial charge in [0.1, 0.15) is 35.8 Å². The molecule has 2 aromatic carbocycles. The van der Waals surface area contributed by atoms with E-state index in [1.807, 2.05) is 54.6 Å². The van der Waals surface area contributed by atoms with E-state index >= 15 is 0 Å². The molecule has 3 N–H and O–H groups in total. The van der Waals surface area contributed by atoms with Crippen LogP contribution < -0.4 is 10.1 Å². The maximum atomic E-state index is 10.6. The normalized spacial score (nSPS) is 22.9. The summed E-state index contributed by atoms with van der Waals surface area (Å²) in [5.74, 6) is 1.31. The summed E-state index contributed by atoms with van der Waals surface area (Å²) >= 11 is 0. The number of aliphatic hydroxyl groups excluding tert-OH is 2. The highest BCUT2D eigenvalue weighted by Crippen LogP contribution is 2.37. The number of aromatic nitrogens is 4. The van der Waals surface area contributed by atoms with E-state index in [4.69, 9.17) is 14.6 Å². The zero-order valence-corrected chi connectivity index (χ0v) is 17.6. The van der Waals surface area contributed by atoms with Crippen LogP contribution in [0.1, 0.15) is 13.2 Å². The smallest absolute Gasteiger partial charge is 0.181 e. The van der Waals surface area contributed by atoms with Crippen LogP contribution in [0.3, 0.4) is 0 Å². The number of benzene rings is 2. The lowest BCUT2D eigenvalue weighted by molar-refractivity contribution is -0.0370. The second-order valence-corrected chi connectivity index (χ2v) is 7.65. The molecule has 4 atom stereocenters. The Morgan fingerprint density at radius 1 is 1.00 bits per heavy atom. The molecule has 0 aliphatic carbocycles. The number of anilines is 2. The molecular formula is C23H23N5O4. The Labute approximate surface area is 184 Å². The van der Waals surface area contributed by atoms with Gasteiger partial charge in [-0.3, -0.25) is 0 Å². The molecule has 9 heteroatoms. The van der Waals surface area contributed by atoms with Crippen LogP contribution in [0, 0.1) is 0 Å². The van der Waals surface area contributed by atoms with Gasteiger partial charge in [0.05, 0.1) is 18.6 Å². The number of rotatable bonds is 5. The van der Waals surface area contributed by atoms with Crippen LogP contribution in [0.5, 0.6) is 5.75 Å². The minimum atomic E-state index is -1.13. The molecule has 4 aromatic rings. The fraction of sp³-hybridized carbons (Fsp3) is 0.261. The van der Waals surface area contributed by atoms with E-state index in [2.05, 4.69) is 15.3 Å². The maximum absolute atomic E-state index is 10.6. The van der Waals surface area contributed by atoms with E-state index in [0.717, 1.165) is 17.0 Å². The predicted octanol–water partition coefficient (Wildman–Crippen LogP) is 2.88. The van der Waals surface area contributed by atoms with Gasteiger partial charge in [-0.1, -0.05) is 30.3 Å². The van der Waals surface area contributed by atoms with Gasteiger partial charge in [0.15, 0.2) is 11.9 Å². The molecule has 0 saturated carbocycles. The van der Waals surface area contributed by atoms with Gasteiger partial charge in [-0.05, 0) is 31.2 Å². The molecule has 1 fully saturated rings. The van der Waals surface area contributed by atoms with E-state index in [0.29, 0.717) is 22.5 Å². The zero-order chi connectivity index (χ0) is 22.2. The fourth-order valence-electron chi connectivity index (χ4n) is 3.88. The summed E-state index contributed by atoms with van der Waals surface area (Å²) < 4.78 is 12.6. The molecule has 0 radical (unpaired) electrons. The number of hydrogen-bond donors (Lipinski definition) is 3. The quantitative estimate of drug-likeness (QED) is 0.440. The van der Waals surface area contributed by atoms with E-state index in [1.54, 1.807) is 14.0 Å². The summed E-state index contributed by atoms with van der Waals surface area (Å²) in [6, 6.07) is 17.2. The van der Waals surface area contributed by atoms with Crippen molar-refractivity contribution in [1.29, 1.82) is 0 Å². The van der Waals surface area contributed by atoms with Crippen LogP contribution in [0.25, 0.3) is 22.3 Å². The first kappa shape index (κ1) is 20.4. The largest absolute Gasteiger partial charge is 0.497 e. The van der Waals surface area contributed by atoms with Crippen LogP contribution in [-0.4, -0.2) is 55.4 Å². The van der Waals surface area contributed by atoms with E-state index in [-0.39, 0.29) is 0 Å². The molecule has 3 heterocycles. The Bertz CT molecular complexity index is 1230. The van der Waals surface area contributed by atoms with Crippen molar-refractivity contribution in [2.45, 2.75) is 31.5 Å². The molecule has 0 unspecified atom stereocenters. The van der Waals surface area contributed by atoms with Gasteiger partial charge in [0, 0.05) is 11.3 Å². The lowest BCUT2D eigenvalue weighted by atomic mass is 10.1. The average molecular weight is 433 g/mol. The molecule has 5 rings (SSSR count). The highest BCUT2D eigenvalue weighted by Gasteiger charge is 2.43. The molecule has 1 saturated heterocycles. The molecule has 0 bridgehead atoms. The Morgan fingerprint density at radius 3 is 2.41 bits per heavy atom. The molecule has 164 valence electrons. The Balaban J connectivity index is 1.66. The molecule has 9 nitrogen and oxygen atoms in total. The number of nitrogens with one attached hydrogen (secondary N) is 1. The minimum absolute atomic E-state index is 0.486. The Kier molecular flexibility index (Phi) is 5.22. The van der Waals surface area contributed by atoms with Crippen molar-refractivity contribution in [3.05, 3.63) is 60.9 Å². The number of ether oxygens (including phenoxy) is 2. The first-order valence-electron chi connectivity index (χ1n) is 10.3. The van der Waals surface area contributed by atoms with Crippen LogP contribution >= 0.6 is 0 Å². The van der Waals surface area contributed by atoms with E-state index in [9.17, 15) is 10.2 Å². The van der Waals surface area contributed by atoms with Crippen LogP contribution in [0.2, 0.25) is 0 Å². The monoisotopic (exact) mass is 433 g/mol. The van der Waals surface area contributed by atoms with Crippen molar-refractivity contribution in [3.63, 3.8) is 0 Å². The number of methoxy groups -OCH3 is 1. The highest BCUT2D eigenvalue weighted by molar-refractivity contribution is 6.00. The fourth-order valence-corrected chi connectivity index (χ4v) is 3.88. The van der Waals surface area contributed by atoms with Gasteiger partial charge < -0.3 is 25.0 Å². The van der Waals surface area contributed by atoms with Gasteiger partial charge in [0.25, 0.3) is 0 Å². The second-order valence-electron chi connectivity index (χ2n) is 7.65. The minimum Gasteiger partial charge on any atom is -0.497 e. The van der Waals surface area contributed by atoms with Gasteiger partial charge >= 0.3 is 0 Å². The van der Waals surface area contributed by atoms with E-state index in [1.165, 1.54) is 11.0 Å². The van der Waals surface area contributed by atoms with Crippen LogP contribution in [0.15, 0.2) is 60.9 Å². The summed E-state index contributed by atoms with van der Waals surface area (Å²) in [6.07, 6.45) is -2.12. The third kappa shape index (κ3) is 3.46. The van der Waals surface area contributed by atoms with E-state index < -0.39 is 24.5 Å².